The summed E-state index contributed by atoms with van der Waals surface area (Å²) in [7, 11) is 1.72. The summed E-state index contributed by atoms with van der Waals surface area (Å²) < 4.78 is 39.1. The van der Waals surface area contributed by atoms with Gasteiger partial charge in [0.1, 0.15) is 6.33 Å². The van der Waals surface area contributed by atoms with Crippen LogP contribution in [0.3, 0.4) is 0 Å². The minimum atomic E-state index is -4.34. The number of anilines is 1. The first-order chi connectivity index (χ1) is 10.3. The summed E-state index contributed by atoms with van der Waals surface area (Å²) in [6, 6.07) is 5.18. The van der Waals surface area contributed by atoms with Gasteiger partial charge in [-0.15, -0.1) is 10.2 Å². The lowest BCUT2D eigenvalue weighted by molar-refractivity contribution is -0.127. The molecule has 6 nitrogen and oxygen atoms in total. The molecule has 0 radical (unpaired) electrons. The first-order valence-corrected chi connectivity index (χ1v) is 6.37. The topological polar surface area (TPSA) is 71.8 Å². The minimum absolute atomic E-state index is 0.00353. The largest absolute Gasteiger partial charge is 0.393 e. The number of aryl methyl sites for hydroxylation is 1. The quantitative estimate of drug-likeness (QED) is 0.909. The zero-order chi connectivity index (χ0) is 16.2. The Morgan fingerprint density at radius 1 is 1.32 bits per heavy atom. The van der Waals surface area contributed by atoms with E-state index < -0.39 is 18.6 Å². The van der Waals surface area contributed by atoms with Gasteiger partial charge in [0.25, 0.3) is 0 Å². The maximum Gasteiger partial charge on any atom is 0.393 e. The van der Waals surface area contributed by atoms with Gasteiger partial charge in [0.05, 0.1) is 13.0 Å². The fourth-order valence-electron chi connectivity index (χ4n) is 1.81. The molecule has 0 unspecified atom stereocenters. The van der Waals surface area contributed by atoms with Gasteiger partial charge in [-0.1, -0.05) is 18.2 Å². The molecule has 2 amide bonds. The molecular formula is C13H14F3N5O. The van der Waals surface area contributed by atoms with Crippen LogP contribution in [-0.2, 0) is 20.0 Å². The first kappa shape index (κ1) is 15.8. The summed E-state index contributed by atoms with van der Waals surface area (Å²) >= 11 is 0. The second-order valence-electron chi connectivity index (χ2n) is 4.61. The lowest BCUT2D eigenvalue weighted by atomic mass is 10.1. The number of para-hydroxylation sites is 1. The van der Waals surface area contributed by atoms with Crippen molar-refractivity contribution in [3.8, 4) is 0 Å². The summed E-state index contributed by atoms with van der Waals surface area (Å²) in [5, 5.41) is 12.4. The van der Waals surface area contributed by atoms with E-state index in [1.165, 1.54) is 24.5 Å². The average molecular weight is 313 g/mol. The van der Waals surface area contributed by atoms with Crippen LogP contribution in [0.25, 0.3) is 0 Å². The van der Waals surface area contributed by atoms with E-state index in [1.807, 2.05) is 0 Å². The second kappa shape index (κ2) is 6.46. The molecule has 1 aromatic heterocycles. The van der Waals surface area contributed by atoms with E-state index in [0.717, 1.165) is 0 Å². The normalized spacial score (nSPS) is 11.3. The average Bonchev–Trinajstić information content (AvgIpc) is 2.83. The number of rotatable bonds is 4. The van der Waals surface area contributed by atoms with Crippen LogP contribution in [0.4, 0.5) is 23.7 Å². The van der Waals surface area contributed by atoms with Gasteiger partial charge in [-0.25, -0.2) is 4.79 Å². The van der Waals surface area contributed by atoms with Crippen LogP contribution in [0.15, 0.2) is 30.6 Å². The lowest BCUT2D eigenvalue weighted by Crippen LogP contribution is -2.30. The van der Waals surface area contributed by atoms with Crippen molar-refractivity contribution >= 4 is 11.7 Å². The molecule has 0 atom stereocenters. The molecule has 0 aliphatic rings. The number of alkyl halides is 3. The predicted octanol–water partition coefficient (Wildman–Crippen LogP) is 2.24. The van der Waals surface area contributed by atoms with Gasteiger partial charge >= 0.3 is 12.2 Å². The number of hydrogen-bond donors (Lipinski definition) is 2. The summed E-state index contributed by atoms with van der Waals surface area (Å²) in [6.07, 6.45) is -3.97. The van der Waals surface area contributed by atoms with Crippen molar-refractivity contribution in [1.82, 2.24) is 20.1 Å². The molecule has 22 heavy (non-hydrogen) atoms. The van der Waals surface area contributed by atoms with Crippen LogP contribution in [0.2, 0.25) is 0 Å². The fourth-order valence-corrected chi connectivity index (χ4v) is 1.81. The number of carbonyl (C=O) groups is 1. The molecule has 0 saturated carbocycles. The van der Waals surface area contributed by atoms with Gasteiger partial charge in [0.15, 0.2) is 5.82 Å². The third-order valence-electron chi connectivity index (χ3n) is 2.87. The van der Waals surface area contributed by atoms with E-state index in [9.17, 15) is 18.0 Å². The number of urea groups is 1. The maximum atomic E-state index is 12.5. The second-order valence-corrected chi connectivity index (χ2v) is 4.61. The summed E-state index contributed by atoms with van der Waals surface area (Å²) in [5.74, 6) is 0.527. The maximum absolute atomic E-state index is 12.5. The number of halogens is 3. The Morgan fingerprint density at radius 3 is 2.68 bits per heavy atom. The number of aromatic nitrogens is 3. The molecule has 0 aliphatic heterocycles. The molecule has 9 heteroatoms. The highest BCUT2D eigenvalue weighted by atomic mass is 19.4. The standard InChI is InChI=1S/C13H14F3N5O/c1-21-8-18-20-11(21)7-17-12(22)19-10-5-3-2-4-9(10)6-13(14,15)16/h2-5,8H,6-7H2,1H3,(H2,17,19,22). The zero-order valence-corrected chi connectivity index (χ0v) is 11.7. The molecule has 2 N–H and O–H groups in total. The number of hydrogen-bond acceptors (Lipinski definition) is 3. The Hall–Kier alpha value is -2.58. The number of nitrogens with zero attached hydrogens (tertiary/aromatic N) is 3. The van der Waals surface area contributed by atoms with Crippen molar-refractivity contribution in [2.75, 3.05) is 5.32 Å². The van der Waals surface area contributed by atoms with Gasteiger partial charge < -0.3 is 15.2 Å². The molecular weight excluding hydrogens is 299 g/mol. The smallest absolute Gasteiger partial charge is 0.331 e. The highest BCUT2D eigenvalue weighted by Gasteiger charge is 2.28. The SMILES string of the molecule is Cn1cnnc1CNC(=O)Nc1ccccc1CC(F)(F)F. The van der Waals surface area contributed by atoms with E-state index in [-0.39, 0.29) is 17.8 Å². The molecule has 1 heterocycles. The van der Waals surface area contributed by atoms with E-state index in [1.54, 1.807) is 17.7 Å². The molecule has 0 fully saturated rings. The molecule has 2 rings (SSSR count). The highest BCUT2D eigenvalue weighted by Crippen LogP contribution is 2.25. The number of nitrogens with one attached hydrogen (secondary N) is 2. The Balaban J connectivity index is 1.98. The molecule has 0 spiro atoms. The number of benzene rings is 1. The van der Waals surface area contributed by atoms with Crippen LogP contribution in [0.5, 0.6) is 0 Å². The fraction of sp³-hybridized carbons (Fsp3) is 0.308. The summed E-state index contributed by atoms with van der Waals surface area (Å²) in [5.41, 5.74) is 0.124. The highest BCUT2D eigenvalue weighted by molar-refractivity contribution is 5.90. The Bertz CT molecular complexity index is 653. The molecule has 0 saturated heterocycles. The van der Waals surface area contributed by atoms with Crippen LogP contribution in [0, 0.1) is 0 Å². The number of carbonyl (C=O) groups excluding carboxylic acids is 1. The van der Waals surface area contributed by atoms with E-state index >= 15 is 0 Å². The van der Waals surface area contributed by atoms with Crippen LogP contribution in [-0.4, -0.2) is 27.0 Å². The molecule has 0 aliphatic carbocycles. The van der Waals surface area contributed by atoms with Crippen molar-refractivity contribution in [3.05, 3.63) is 42.0 Å². The molecule has 118 valence electrons. The Labute approximate surface area is 124 Å². The lowest BCUT2D eigenvalue weighted by Gasteiger charge is -2.13. The van der Waals surface area contributed by atoms with Gasteiger partial charge in [-0.3, -0.25) is 0 Å². The Morgan fingerprint density at radius 2 is 2.05 bits per heavy atom. The molecule has 1 aromatic carbocycles. The van der Waals surface area contributed by atoms with E-state index in [4.69, 9.17) is 0 Å². The number of amides is 2. The van der Waals surface area contributed by atoms with Gasteiger partial charge in [0.2, 0.25) is 0 Å². The third kappa shape index (κ3) is 4.47. The van der Waals surface area contributed by atoms with E-state index in [2.05, 4.69) is 20.8 Å². The van der Waals surface area contributed by atoms with Crippen LogP contribution < -0.4 is 10.6 Å². The third-order valence-corrected chi connectivity index (χ3v) is 2.87. The van der Waals surface area contributed by atoms with Crippen molar-refractivity contribution < 1.29 is 18.0 Å². The van der Waals surface area contributed by atoms with Crippen molar-refractivity contribution in [3.63, 3.8) is 0 Å². The van der Waals surface area contributed by atoms with Crippen molar-refractivity contribution in [2.45, 2.75) is 19.1 Å². The first-order valence-electron chi connectivity index (χ1n) is 6.37. The monoisotopic (exact) mass is 313 g/mol. The summed E-state index contributed by atoms with van der Waals surface area (Å²) in [4.78, 5) is 11.8. The minimum Gasteiger partial charge on any atom is -0.331 e. The van der Waals surface area contributed by atoms with Gasteiger partial charge in [-0.2, -0.15) is 13.2 Å². The van der Waals surface area contributed by atoms with Crippen molar-refractivity contribution in [2.24, 2.45) is 7.05 Å². The van der Waals surface area contributed by atoms with Crippen molar-refractivity contribution in [1.29, 1.82) is 0 Å². The molecule has 2 aromatic rings. The zero-order valence-electron chi connectivity index (χ0n) is 11.7. The predicted molar refractivity (Wildman–Crippen MR) is 73.1 cm³/mol. The van der Waals surface area contributed by atoms with Gasteiger partial charge in [0, 0.05) is 12.7 Å². The van der Waals surface area contributed by atoms with E-state index in [0.29, 0.717) is 5.82 Å². The summed E-state index contributed by atoms with van der Waals surface area (Å²) in [6.45, 7) is 0.115. The Kier molecular flexibility index (Phi) is 4.64. The van der Waals surface area contributed by atoms with Gasteiger partial charge in [-0.05, 0) is 11.6 Å². The molecule has 0 bridgehead atoms. The van der Waals surface area contributed by atoms with Crippen LogP contribution >= 0.6 is 0 Å². The van der Waals surface area contributed by atoms with Crippen LogP contribution in [0.1, 0.15) is 11.4 Å².